The highest BCUT2D eigenvalue weighted by atomic mass is 16.6. The molecular weight excluding hydrogens is 336 g/mol. The van der Waals surface area contributed by atoms with Gasteiger partial charge in [0.05, 0.1) is 18.4 Å². The summed E-state index contributed by atoms with van der Waals surface area (Å²) in [6.07, 6.45) is 7.52. The smallest absolute Gasteiger partial charge is 0.343 e. The highest BCUT2D eigenvalue weighted by molar-refractivity contribution is 5.86. The molecule has 1 aromatic rings. The van der Waals surface area contributed by atoms with Crippen molar-refractivity contribution in [2.75, 3.05) is 0 Å². The van der Waals surface area contributed by atoms with Gasteiger partial charge < -0.3 is 19.0 Å². The number of hydrogen-bond acceptors (Lipinski definition) is 6. The predicted octanol–water partition coefficient (Wildman–Crippen LogP) is 2.53. The van der Waals surface area contributed by atoms with E-state index in [0.717, 1.165) is 5.56 Å². The van der Waals surface area contributed by atoms with E-state index in [-0.39, 0.29) is 23.9 Å². The number of hydrogen-bond donors (Lipinski definition) is 1. The van der Waals surface area contributed by atoms with E-state index in [9.17, 15) is 14.7 Å². The van der Waals surface area contributed by atoms with Crippen LogP contribution in [0.3, 0.4) is 0 Å². The molecule has 0 spiro atoms. The number of ether oxygens (including phenoxy) is 2. The molecule has 26 heavy (non-hydrogen) atoms. The van der Waals surface area contributed by atoms with Gasteiger partial charge in [0, 0.05) is 16.9 Å². The van der Waals surface area contributed by atoms with Crippen molar-refractivity contribution < 1.29 is 28.6 Å². The lowest BCUT2D eigenvalue weighted by Gasteiger charge is -2.65. The molecule has 5 aliphatic rings. The van der Waals surface area contributed by atoms with Crippen molar-refractivity contribution in [1.82, 2.24) is 0 Å². The Kier molecular flexibility index (Phi) is 2.97. The summed E-state index contributed by atoms with van der Waals surface area (Å²) in [7, 11) is 0. The summed E-state index contributed by atoms with van der Waals surface area (Å²) in [6.45, 7) is 4.04. The first kappa shape index (κ1) is 16.1. The number of carbonyl (C=O) groups is 2. The maximum Gasteiger partial charge on any atom is 0.343 e. The van der Waals surface area contributed by atoms with Gasteiger partial charge in [0.2, 0.25) is 0 Å². The molecule has 7 atom stereocenters. The third-order valence-corrected chi connectivity index (χ3v) is 7.51. The van der Waals surface area contributed by atoms with Crippen molar-refractivity contribution in [3.8, 4) is 0 Å². The Bertz CT molecular complexity index is 812. The summed E-state index contributed by atoms with van der Waals surface area (Å²) in [5.41, 5.74) is -1.91. The van der Waals surface area contributed by atoms with Crippen LogP contribution in [0.25, 0.3) is 0 Å². The van der Waals surface area contributed by atoms with Crippen LogP contribution in [0.5, 0.6) is 0 Å². The number of aliphatic hydroxyl groups is 1. The zero-order valence-electron chi connectivity index (χ0n) is 14.8. The number of rotatable bonds is 1. The van der Waals surface area contributed by atoms with E-state index in [1.165, 1.54) is 0 Å². The zero-order valence-corrected chi connectivity index (χ0v) is 14.8. The van der Waals surface area contributed by atoms with Crippen molar-refractivity contribution in [2.45, 2.75) is 50.9 Å². The molecule has 138 valence electrons. The van der Waals surface area contributed by atoms with Gasteiger partial charge in [0.25, 0.3) is 0 Å². The van der Waals surface area contributed by atoms with E-state index in [1.807, 2.05) is 13.0 Å². The molecule has 0 radical (unpaired) electrons. The molecular formula is C20H22O6. The first-order chi connectivity index (χ1) is 12.3. The van der Waals surface area contributed by atoms with Gasteiger partial charge in [-0.05, 0) is 42.9 Å². The van der Waals surface area contributed by atoms with Crippen LogP contribution < -0.4 is 0 Å². The van der Waals surface area contributed by atoms with Crippen LogP contribution in [0.1, 0.15) is 44.8 Å². The van der Waals surface area contributed by atoms with Crippen molar-refractivity contribution in [3.63, 3.8) is 0 Å². The Morgan fingerprint density at radius 3 is 2.73 bits per heavy atom. The van der Waals surface area contributed by atoms with Crippen LogP contribution in [0.4, 0.5) is 0 Å². The fraction of sp³-hybridized carbons (Fsp3) is 0.600. The SMILES string of the molecule is C[C@@]12C[C@@H](c3ccoc3)OC(=O)[C@H]1CC[C@]1(C)[C@@H]2[C@@H]2C=C[C@@]1(O)C(=O)O2. The van der Waals surface area contributed by atoms with E-state index in [1.54, 1.807) is 24.7 Å². The molecule has 1 aromatic heterocycles. The molecule has 2 bridgehead atoms. The fourth-order valence-electron chi connectivity index (χ4n) is 6.16. The standard InChI is InChI=1S/C20H22O6/c1-18-9-14(11-5-8-24-10-11)25-16(21)12(18)3-6-19(2)15(18)13-4-7-20(19,23)17(22)26-13/h4-5,7-8,10,12-15,23H,3,6,9H2,1-2H3/t12-,13+,14+,15-,18-,19-,20-/m1/s1. The summed E-state index contributed by atoms with van der Waals surface area (Å²) in [5.74, 6) is -1.20. The molecule has 6 heteroatoms. The van der Waals surface area contributed by atoms with Gasteiger partial charge in [-0.1, -0.05) is 13.8 Å². The highest BCUT2D eigenvalue weighted by Gasteiger charge is 2.72. The largest absolute Gasteiger partial charge is 0.472 e. The average Bonchev–Trinajstić information content (AvgIpc) is 3.10. The minimum Gasteiger partial charge on any atom is -0.472 e. The second kappa shape index (κ2) is 4.80. The van der Waals surface area contributed by atoms with Crippen LogP contribution >= 0.6 is 0 Å². The van der Waals surface area contributed by atoms with Crippen LogP contribution in [-0.2, 0) is 19.1 Å². The lowest BCUT2D eigenvalue weighted by molar-refractivity contribution is -0.259. The second-order valence-electron chi connectivity index (χ2n) is 8.67. The summed E-state index contributed by atoms with van der Waals surface area (Å²) in [4.78, 5) is 25.2. The lowest BCUT2D eigenvalue weighted by Crippen LogP contribution is -2.72. The molecule has 6 rings (SSSR count). The third-order valence-electron chi connectivity index (χ3n) is 7.51. The lowest BCUT2D eigenvalue weighted by atomic mass is 9.42. The molecule has 1 N–H and O–H groups in total. The van der Waals surface area contributed by atoms with E-state index in [4.69, 9.17) is 13.9 Å². The van der Waals surface area contributed by atoms with Crippen molar-refractivity contribution in [3.05, 3.63) is 36.3 Å². The fourth-order valence-corrected chi connectivity index (χ4v) is 6.16. The molecule has 0 unspecified atom stereocenters. The monoisotopic (exact) mass is 358 g/mol. The van der Waals surface area contributed by atoms with Crippen molar-refractivity contribution in [2.24, 2.45) is 22.7 Å². The number of fused-ring (bicyclic) bond motifs is 2. The van der Waals surface area contributed by atoms with E-state index in [0.29, 0.717) is 19.3 Å². The Hall–Kier alpha value is -2.08. The Morgan fingerprint density at radius 1 is 1.23 bits per heavy atom. The quantitative estimate of drug-likeness (QED) is 0.613. The highest BCUT2D eigenvalue weighted by Crippen LogP contribution is 2.67. The van der Waals surface area contributed by atoms with Crippen LogP contribution in [0.15, 0.2) is 35.2 Å². The number of esters is 2. The topological polar surface area (TPSA) is 86.0 Å². The van der Waals surface area contributed by atoms with Crippen LogP contribution in [0.2, 0.25) is 0 Å². The predicted molar refractivity (Wildman–Crippen MR) is 88.6 cm³/mol. The molecule has 3 fully saturated rings. The molecule has 0 aromatic carbocycles. The maximum atomic E-state index is 12.8. The van der Waals surface area contributed by atoms with Gasteiger partial charge in [-0.3, -0.25) is 4.79 Å². The van der Waals surface area contributed by atoms with Gasteiger partial charge in [0.15, 0.2) is 5.60 Å². The third kappa shape index (κ3) is 1.71. The van der Waals surface area contributed by atoms with Crippen LogP contribution in [0, 0.1) is 22.7 Å². The van der Waals surface area contributed by atoms with Gasteiger partial charge in [0.1, 0.15) is 12.2 Å². The molecule has 2 aliphatic carbocycles. The van der Waals surface area contributed by atoms with Gasteiger partial charge in [-0.2, -0.15) is 0 Å². The summed E-state index contributed by atoms with van der Waals surface area (Å²) < 4.78 is 16.4. The number of carbonyl (C=O) groups excluding carboxylic acids is 2. The zero-order chi connectivity index (χ0) is 18.3. The Balaban J connectivity index is 1.61. The average molecular weight is 358 g/mol. The number of furan rings is 1. The van der Waals surface area contributed by atoms with E-state index < -0.39 is 28.5 Å². The molecule has 0 amide bonds. The van der Waals surface area contributed by atoms with Gasteiger partial charge in [-0.25, -0.2) is 4.79 Å². The summed E-state index contributed by atoms with van der Waals surface area (Å²) >= 11 is 0. The molecule has 6 nitrogen and oxygen atoms in total. The molecule has 3 aliphatic heterocycles. The minimum atomic E-state index is -1.63. The maximum absolute atomic E-state index is 12.8. The Morgan fingerprint density at radius 2 is 2.04 bits per heavy atom. The van der Waals surface area contributed by atoms with Crippen molar-refractivity contribution >= 4 is 11.9 Å². The normalized spacial score (nSPS) is 49.2. The molecule has 2 saturated heterocycles. The molecule has 1 saturated carbocycles. The summed E-state index contributed by atoms with van der Waals surface area (Å²) in [6, 6.07) is 1.81. The van der Waals surface area contributed by atoms with Crippen LogP contribution in [-0.4, -0.2) is 28.8 Å². The second-order valence-corrected chi connectivity index (χ2v) is 8.67. The first-order valence-corrected chi connectivity index (χ1v) is 9.15. The first-order valence-electron chi connectivity index (χ1n) is 9.15. The molecule has 4 heterocycles. The number of cyclic esters (lactones) is 1. The van der Waals surface area contributed by atoms with Crippen molar-refractivity contribution in [1.29, 1.82) is 0 Å². The Labute approximate surface area is 151 Å². The van der Waals surface area contributed by atoms with Gasteiger partial charge >= 0.3 is 11.9 Å². The summed E-state index contributed by atoms with van der Waals surface area (Å²) in [5, 5.41) is 11.2. The van der Waals surface area contributed by atoms with Gasteiger partial charge in [-0.15, -0.1) is 0 Å². The minimum absolute atomic E-state index is 0.149. The van der Waals surface area contributed by atoms with E-state index >= 15 is 0 Å². The van der Waals surface area contributed by atoms with E-state index in [2.05, 4.69) is 6.92 Å².